The van der Waals surface area contributed by atoms with E-state index in [0.717, 1.165) is 5.56 Å². The van der Waals surface area contributed by atoms with E-state index in [9.17, 15) is 0 Å². The number of ether oxygens (including phenoxy) is 2. The van der Waals surface area contributed by atoms with Gasteiger partial charge >= 0.3 is 0 Å². The first-order valence-corrected chi connectivity index (χ1v) is 6.11. The second kappa shape index (κ2) is 6.83. The van der Waals surface area contributed by atoms with Gasteiger partial charge in [0.2, 0.25) is 0 Å². The number of benzene rings is 1. The van der Waals surface area contributed by atoms with Crippen molar-refractivity contribution in [1.29, 1.82) is 0 Å². The van der Waals surface area contributed by atoms with Crippen LogP contribution < -0.4 is 9.47 Å². The van der Waals surface area contributed by atoms with Crippen LogP contribution in [0.1, 0.15) is 18.0 Å². The number of hydrogen-bond donors (Lipinski definition) is 1. The molecule has 0 spiro atoms. The molecule has 1 N–H and O–H groups in total. The van der Waals surface area contributed by atoms with E-state index in [1.807, 2.05) is 25.1 Å². The summed E-state index contributed by atoms with van der Waals surface area (Å²) in [6.45, 7) is 0.105. The molecule has 0 aliphatic heterocycles. The highest BCUT2D eigenvalue weighted by Gasteiger charge is 2.19. The Morgan fingerprint density at radius 2 is 1.78 bits per heavy atom. The Hall–Kier alpha value is -0.970. The summed E-state index contributed by atoms with van der Waals surface area (Å²) in [5, 5.41) is 9.75. The van der Waals surface area contributed by atoms with Crippen LogP contribution in [-0.2, 0) is 0 Å². The lowest BCUT2D eigenvalue weighted by molar-refractivity contribution is 0.210. The van der Waals surface area contributed by atoms with E-state index in [-0.39, 0.29) is 12.6 Å². The van der Waals surface area contributed by atoms with Crippen molar-refractivity contribution in [3.63, 3.8) is 0 Å². The zero-order valence-corrected chi connectivity index (χ0v) is 12.0. The van der Waals surface area contributed by atoms with Crippen LogP contribution in [0.4, 0.5) is 0 Å². The summed E-state index contributed by atoms with van der Waals surface area (Å²) in [6.07, 6.45) is 0.613. The van der Waals surface area contributed by atoms with Gasteiger partial charge in [0.15, 0.2) is 11.5 Å². The summed E-state index contributed by atoms with van der Waals surface area (Å²) < 4.78 is 10.5. The standard InChI is InChI=1S/C13H20ClNO3/c1-15(2)11(5-6-16)9-7-12(17-3)13(18-4)8-10(9)14/h7-8,11,16H,5-6H2,1-4H3. The molecule has 0 radical (unpaired) electrons. The normalized spacial score (nSPS) is 12.6. The molecule has 4 nitrogen and oxygen atoms in total. The summed E-state index contributed by atoms with van der Waals surface area (Å²) in [6, 6.07) is 3.65. The van der Waals surface area contributed by atoms with Crippen LogP contribution in [0.15, 0.2) is 12.1 Å². The lowest BCUT2D eigenvalue weighted by Crippen LogP contribution is -2.21. The predicted octanol–water partition coefficient (Wildman–Crippen LogP) is 2.34. The first-order chi connectivity index (χ1) is 8.54. The van der Waals surface area contributed by atoms with Crippen molar-refractivity contribution in [2.75, 3.05) is 34.9 Å². The SMILES string of the molecule is COc1cc(Cl)c(C(CCO)N(C)C)cc1OC. The average molecular weight is 274 g/mol. The molecule has 5 heteroatoms. The first-order valence-electron chi connectivity index (χ1n) is 5.73. The van der Waals surface area contributed by atoms with Crippen LogP contribution >= 0.6 is 11.6 Å². The first kappa shape index (κ1) is 15.1. The van der Waals surface area contributed by atoms with Crippen molar-refractivity contribution in [2.24, 2.45) is 0 Å². The monoisotopic (exact) mass is 273 g/mol. The van der Waals surface area contributed by atoms with Crippen LogP contribution in [0.3, 0.4) is 0 Å². The highest BCUT2D eigenvalue weighted by molar-refractivity contribution is 6.31. The number of methoxy groups -OCH3 is 2. The fraction of sp³-hybridized carbons (Fsp3) is 0.538. The fourth-order valence-electron chi connectivity index (χ4n) is 1.94. The lowest BCUT2D eigenvalue weighted by Gasteiger charge is -2.25. The Labute approximate surface area is 113 Å². The zero-order valence-electron chi connectivity index (χ0n) is 11.2. The molecule has 0 heterocycles. The number of aliphatic hydroxyl groups is 1. The Bertz CT molecular complexity index is 396. The molecule has 1 unspecified atom stereocenters. The Morgan fingerprint density at radius 3 is 2.22 bits per heavy atom. The molecule has 0 amide bonds. The van der Waals surface area contributed by atoms with Crippen molar-refractivity contribution in [1.82, 2.24) is 4.90 Å². The highest BCUT2D eigenvalue weighted by Crippen LogP contribution is 2.37. The van der Waals surface area contributed by atoms with E-state index in [1.54, 1.807) is 20.3 Å². The van der Waals surface area contributed by atoms with Crippen LogP contribution in [0.25, 0.3) is 0 Å². The Morgan fingerprint density at radius 1 is 1.22 bits per heavy atom. The van der Waals surface area contributed by atoms with E-state index in [4.69, 9.17) is 26.2 Å². The van der Waals surface area contributed by atoms with Gasteiger partial charge in [0.25, 0.3) is 0 Å². The fourth-order valence-corrected chi connectivity index (χ4v) is 2.22. The van der Waals surface area contributed by atoms with Crippen LogP contribution in [0, 0.1) is 0 Å². The number of aliphatic hydroxyl groups excluding tert-OH is 1. The number of rotatable bonds is 6. The van der Waals surface area contributed by atoms with Crippen molar-refractivity contribution < 1.29 is 14.6 Å². The number of hydrogen-bond acceptors (Lipinski definition) is 4. The molecule has 1 aromatic carbocycles. The summed E-state index contributed by atoms with van der Waals surface area (Å²) in [4.78, 5) is 2.02. The molecule has 1 aromatic rings. The van der Waals surface area contributed by atoms with Gasteiger partial charge in [0, 0.05) is 23.7 Å². The molecule has 0 saturated heterocycles. The van der Waals surface area contributed by atoms with Crippen LogP contribution in [0.2, 0.25) is 5.02 Å². The van der Waals surface area contributed by atoms with Crippen molar-refractivity contribution >= 4 is 11.6 Å². The molecule has 102 valence electrons. The smallest absolute Gasteiger partial charge is 0.162 e. The predicted molar refractivity (Wildman–Crippen MR) is 72.7 cm³/mol. The third kappa shape index (κ3) is 3.28. The maximum Gasteiger partial charge on any atom is 0.162 e. The van der Waals surface area contributed by atoms with Crippen LogP contribution in [0.5, 0.6) is 11.5 Å². The molecular weight excluding hydrogens is 254 g/mol. The van der Waals surface area contributed by atoms with Crippen molar-refractivity contribution in [2.45, 2.75) is 12.5 Å². The molecule has 0 aliphatic rings. The van der Waals surface area contributed by atoms with E-state index in [2.05, 4.69) is 0 Å². The highest BCUT2D eigenvalue weighted by atomic mass is 35.5. The van der Waals surface area contributed by atoms with Gasteiger partial charge < -0.3 is 19.5 Å². The molecule has 0 saturated carbocycles. The molecule has 0 aromatic heterocycles. The van der Waals surface area contributed by atoms with Gasteiger partial charge in [0.1, 0.15) is 0 Å². The topological polar surface area (TPSA) is 41.9 Å². The van der Waals surface area contributed by atoms with Crippen molar-refractivity contribution in [3.8, 4) is 11.5 Å². The third-order valence-electron chi connectivity index (χ3n) is 2.89. The summed E-state index contributed by atoms with van der Waals surface area (Å²) in [5.41, 5.74) is 0.924. The summed E-state index contributed by atoms with van der Waals surface area (Å²) in [5.74, 6) is 1.24. The molecule has 1 atom stereocenters. The molecule has 18 heavy (non-hydrogen) atoms. The molecule has 0 fully saturated rings. The van der Waals surface area contributed by atoms with E-state index < -0.39 is 0 Å². The molecule has 0 bridgehead atoms. The summed E-state index contributed by atoms with van der Waals surface area (Å²) in [7, 11) is 7.07. The minimum atomic E-state index is 0.0438. The summed E-state index contributed by atoms with van der Waals surface area (Å²) >= 11 is 6.27. The minimum absolute atomic E-state index is 0.0438. The second-order valence-corrected chi connectivity index (χ2v) is 4.63. The maximum absolute atomic E-state index is 9.14. The van der Waals surface area contributed by atoms with Crippen LogP contribution in [-0.4, -0.2) is 44.9 Å². The molecule has 0 aliphatic carbocycles. The van der Waals surface area contributed by atoms with Gasteiger partial charge in [-0.25, -0.2) is 0 Å². The van der Waals surface area contributed by atoms with E-state index in [1.165, 1.54) is 0 Å². The van der Waals surface area contributed by atoms with Gasteiger partial charge in [-0.2, -0.15) is 0 Å². The average Bonchev–Trinajstić information content (AvgIpc) is 2.35. The Balaban J connectivity index is 3.21. The Kier molecular flexibility index (Phi) is 5.72. The van der Waals surface area contributed by atoms with Gasteiger partial charge in [-0.3, -0.25) is 0 Å². The van der Waals surface area contributed by atoms with Crippen molar-refractivity contribution in [3.05, 3.63) is 22.7 Å². The number of nitrogens with zero attached hydrogens (tertiary/aromatic N) is 1. The zero-order chi connectivity index (χ0) is 13.7. The molecular formula is C13H20ClNO3. The third-order valence-corrected chi connectivity index (χ3v) is 3.22. The minimum Gasteiger partial charge on any atom is -0.493 e. The van der Waals surface area contributed by atoms with Gasteiger partial charge in [-0.15, -0.1) is 0 Å². The quantitative estimate of drug-likeness (QED) is 0.864. The number of halogens is 1. The maximum atomic E-state index is 9.14. The second-order valence-electron chi connectivity index (χ2n) is 4.22. The lowest BCUT2D eigenvalue weighted by atomic mass is 10.0. The van der Waals surface area contributed by atoms with E-state index in [0.29, 0.717) is 22.9 Å². The van der Waals surface area contributed by atoms with Gasteiger partial charge in [0.05, 0.1) is 14.2 Å². The largest absolute Gasteiger partial charge is 0.493 e. The van der Waals surface area contributed by atoms with Gasteiger partial charge in [-0.1, -0.05) is 11.6 Å². The molecule has 1 rings (SSSR count). The van der Waals surface area contributed by atoms with E-state index >= 15 is 0 Å². The van der Waals surface area contributed by atoms with Gasteiger partial charge in [-0.05, 0) is 32.1 Å².